The van der Waals surface area contributed by atoms with E-state index in [2.05, 4.69) is 25.7 Å². The quantitative estimate of drug-likeness (QED) is 0.779. The highest BCUT2D eigenvalue weighted by molar-refractivity contribution is 5.30. The van der Waals surface area contributed by atoms with Crippen molar-refractivity contribution in [2.45, 2.75) is 59.0 Å². The summed E-state index contributed by atoms with van der Waals surface area (Å²) in [6.45, 7) is 10.2. The Hall–Kier alpha value is -0.930. The lowest BCUT2D eigenvalue weighted by Gasteiger charge is -2.36. The van der Waals surface area contributed by atoms with Crippen LogP contribution in [0.4, 0.5) is 4.39 Å². The maximum absolute atomic E-state index is 13.6. The molecule has 0 aromatic heterocycles. The summed E-state index contributed by atoms with van der Waals surface area (Å²) in [4.78, 5) is 2.44. The summed E-state index contributed by atoms with van der Waals surface area (Å²) < 4.78 is 13.6. The van der Waals surface area contributed by atoms with Gasteiger partial charge in [-0.25, -0.2) is 4.39 Å². The molecule has 2 atom stereocenters. The molecule has 0 saturated carbocycles. The number of rotatable bonds is 8. The van der Waals surface area contributed by atoms with Crippen LogP contribution >= 0.6 is 0 Å². The molecule has 0 spiro atoms. The van der Waals surface area contributed by atoms with Gasteiger partial charge in [0.2, 0.25) is 0 Å². The molecular formula is C17H29FN2. The first-order valence-electron chi connectivity index (χ1n) is 7.76. The van der Waals surface area contributed by atoms with E-state index in [1.165, 1.54) is 6.07 Å². The van der Waals surface area contributed by atoms with Crippen molar-refractivity contribution in [2.24, 2.45) is 5.73 Å². The Morgan fingerprint density at radius 3 is 2.55 bits per heavy atom. The van der Waals surface area contributed by atoms with Gasteiger partial charge in [-0.05, 0) is 56.5 Å². The van der Waals surface area contributed by atoms with Gasteiger partial charge in [0.15, 0.2) is 0 Å². The number of hydrogen-bond acceptors (Lipinski definition) is 2. The molecule has 0 aliphatic rings. The van der Waals surface area contributed by atoms with Gasteiger partial charge in [-0.2, -0.15) is 0 Å². The predicted octanol–water partition coefficient (Wildman–Crippen LogP) is 4.03. The van der Waals surface area contributed by atoms with Crippen LogP contribution in [0.3, 0.4) is 0 Å². The van der Waals surface area contributed by atoms with Crippen molar-refractivity contribution >= 4 is 0 Å². The van der Waals surface area contributed by atoms with Gasteiger partial charge in [0.05, 0.1) is 0 Å². The number of hydrogen-bond donors (Lipinski definition) is 1. The van der Waals surface area contributed by atoms with Crippen molar-refractivity contribution in [1.29, 1.82) is 0 Å². The summed E-state index contributed by atoms with van der Waals surface area (Å²) in [5.41, 5.74) is 8.17. The average molecular weight is 280 g/mol. The van der Waals surface area contributed by atoms with E-state index >= 15 is 0 Å². The maximum Gasteiger partial charge on any atom is 0.123 e. The molecule has 3 heteroatoms. The van der Waals surface area contributed by atoms with Crippen molar-refractivity contribution in [1.82, 2.24) is 4.90 Å². The third-order valence-electron chi connectivity index (χ3n) is 4.15. The fourth-order valence-corrected chi connectivity index (χ4v) is 2.67. The number of unbranched alkanes of at least 4 members (excludes halogenated alkanes) is 1. The fourth-order valence-electron chi connectivity index (χ4n) is 2.67. The van der Waals surface area contributed by atoms with Crippen LogP contribution in [0.2, 0.25) is 0 Å². The molecule has 0 heterocycles. The second-order valence-corrected chi connectivity index (χ2v) is 5.60. The van der Waals surface area contributed by atoms with E-state index in [9.17, 15) is 4.39 Å². The molecule has 0 fully saturated rings. The normalized spacial score (nSPS) is 14.6. The number of aryl methyl sites for hydroxylation is 1. The molecule has 2 nitrogen and oxygen atoms in total. The Bertz CT molecular complexity index is 406. The first-order valence-corrected chi connectivity index (χ1v) is 7.76. The minimum Gasteiger partial charge on any atom is -0.329 e. The van der Waals surface area contributed by atoms with E-state index in [1.807, 2.05) is 13.0 Å². The topological polar surface area (TPSA) is 29.3 Å². The molecule has 20 heavy (non-hydrogen) atoms. The fraction of sp³-hybridized carbons (Fsp3) is 0.647. The second kappa shape index (κ2) is 8.38. The highest BCUT2D eigenvalue weighted by Crippen LogP contribution is 2.27. The molecular weight excluding hydrogens is 251 g/mol. The van der Waals surface area contributed by atoms with Crippen molar-refractivity contribution in [3.05, 3.63) is 35.1 Å². The van der Waals surface area contributed by atoms with Crippen LogP contribution in [0.1, 0.15) is 57.2 Å². The van der Waals surface area contributed by atoms with Crippen molar-refractivity contribution in [2.75, 3.05) is 13.1 Å². The maximum atomic E-state index is 13.6. The Kier molecular flexibility index (Phi) is 7.17. The molecule has 0 saturated heterocycles. The molecule has 2 unspecified atom stereocenters. The lowest BCUT2D eigenvalue weighted by molar-refractivity contribution is 0.140. The average Bonchev–Trinajstić information content (AvgIpc) is 2.45. The van der Waals surface area contributed by atoms with Gasteiger partial charge in [0.1, 0.15) is 5.82 Å². The molecule has 1 aromatic rings. The number of benzene rings is 1. The van der Waals surface area contributed by atoms with Crippen LogP contribution in [-0.2, 0) is 0 Å². The molecule has 2 N–H and O–H groups in total. The predicted molar refractivity (Wildman–Crippen MR) is 84.3 cm³/mol. The third kappa shape index (κ3) is 4.29. The minimum absolute atomic E-state index is 0.104. The molecule has 114 valence electrons. The lowest BCUT2D eigenvalue weighted by atomic mass is 9.97. The lowest BCUT2D eigenvalue weighted by Crippen LogP contribution is -2.40. The molecule has 0 aliphatic heterocycles. The van der Waals surface area contributed by atoms with Gasteiger partial charge in [0, 0.05) is 18.6 Å². The van der Waals surface area contributed by atoms with Crippen LogP contribution in [0.5, 0.6) is 0 Å². The van der Waals surface area contributed by atoms with Gasteiger partial charge in [-0.15, -0.1) is 0 Å². The molecule has 1 rings (SSSR count). The molecule has 0 aliphatic carbocycles. The van der Waals surface area contributed by atoms with Crippen LogP contribution in [0.15, 0.2) is 18.2 Å². The zero-order valence-electron chi connectivity index (χ0n) is 13.3. The van der Waals surface area contributed by atoms with Gasteiger partial charge in [0.25, 0.3) is 0 Å². The Balaban J connectivity index is 3.07. The summed E-state index contributed by atoms with van der Waals surface area (Å²) in [5, 5.41) is 0. The highest BCUT2D eigenvalue weighted by Gasteiger charge is 2.24. The van der Waals surface area contributed by atoms with E-state index in [0.717, 1.165) is 36.9 Å². The van der Waals surface area contributed by atoms with Crippen molar-refractivity contribution in [3.8, 4) is 0 Å². The summed E-state index contributed by atoms with van der Waals surface area (Å²) in [5.74, 6) is -0.177. The summed E-state index contributed by atoms with van der Waals surface area (Å²) >= 11 is 0. The Morgan fingerprint density at radius 1 is 1.30 bits per heavy atom. The molecule has 0 amide bonds. The molecule has 1 aromatic carbocycles. The number of nitrogens with two attached hydrogens (primary N) is 1. The minimum atomic E-state index is -0.177. The zero-order chi connectivity index (χ0) is 15.1. The standard InChI is InChI=1S/C17H29FN2/c1-5-7-10-20(14(4)6-2)17(12-19)16-11-15(18)9-8-13(16)3/h8-9,11,14,17H,5-7,10,12,19H2,1-4H3. The van der Waals surface area contributed by atoms with E-state index in [0.29, 0.717) is 12.6 Å². The van der Waals surface area contributed by atoms with Gasteiger partial charge >= 0.3 is 0 Å². The smallest absolute Gasteiger partial charge is 0.123 e. The van der Waals surface area contributed by atoms with Gasteiger partial charge < -0.3 is 5.73 Å². The Morgan fingerprint density at radius 2 is 2.00 bits per heavy atom. The number of nitrogens with zero attached hydrogens (tertiary/aromatic N) is 1. The monoisotopic (exact) mass is 280 g/mol. The third-order valence-corrected chi connectivity index (χ3v) is 4.15. The zero-order valence-corrected chi connectivity index (χ0v) is 13.3. The van der Waals surface area contributed by atoms with Crippen LogP contribution in [-0.4, -0.2) is 24.0 Å². The molecule has 0 radical (unpaired) electrons. The van der Waals surface area contributed by atoms with Crippen molar-refractivity contribution < 1.29 is 4.39 Å². The second-order valence-electron chi connectivity index (χ2n) is 5.60. The van der Waals surface area contributed by atoms with E-state index in [-0.39, 0.29) is 11.9 Å². The molecule has 0 bridgehead atoms. The van der Waals surface area contributed by atoms with E-state index in [1.54, 1.807) is 6.07 Å². The van der Waals surface area contributed by atoms with Crippen molar-refractivity contribution in [3.63, 3.8) is 0 Å². The summed E-state index contributed by atoms with van der Waals surface area (Å²) in [6.07, 6.45) is 3.39. The van der Waals surface area contributed by atoms with Crippen LogP contribution in [0.25, 0.3) is 0 Å². The van der Waals surface area contributed by atoms with Gasteiger partial charge in [-0.3, -0.25) is 4.90 Å². The first kappa shape index (κ1) is 17.1. The first-order chi connectivity index (χ1) is 9.54. The van der Waals surface area contributed by atoms with Crippen LogP contribution in [0, 0.1) is 12.7 Å². The van der Waals surface area contributed by atoms with Gasteiger partial charge in [-0.1, -0.05) is 26.3 Å². The van der Waals surface area contributed by atoms with Crippen LogP contribution < -0.4 is 5.73 Å². The van der Waals surface area contributed by atoms with E-state index < -0.39 is 0 Å². The van der Waals surface area contributed by atoms with E-state index in [4.69, 9.17) is 5.73 Å². The Labute approximate surface area is 123 Å². The summed E-state index contributed by atoms with van der Waals surface area (Å²) in [7, 11) is 0. The summed E-state index contributed by atoms with van der Waals surface area (Å²) in [6, 6.07) is 5.58. The highest BCUT2D eigenvalue weighted by atomic mass is 19.1. The SMILES string of the molecule is CCCCN(C(C)CC)C(CN)c1cc(F)ccc1C. The number of halogens is 1. The largest absolute Gasteiger partial charge is 0.329 e.